The van der Waals surface area contributed by atoms with E-state index >= 15 is 0 Å². The molecule has 1 fully saturated rings. The molecule has 2 heteroatoms. The first kappa shape index (κ1) is 16.3. The van der Waals surface area contributed by atoms with Crippen LogP contribution in [0.15, 0.2) is 35.9 Å². The van der Waals surface area contributed by atoms with E-state index in [1.165, 1.54) is 30.4 Å². The summed E-state index contributed by atoms with van der Waals surface area (Å²) < 4.78 is 12.1. The van der Waals surface area contributed by atoms with Gasteiger partial charge in [-0.3, -0.25) is 0 Å². The zero-order valence-corrected chi connectivity index (χ0v) is 13.5. The van der Waals surface area contributed by atoms with Crippen molar-refractivity contribution in [2.75, 3.05) is 0 Å². The molecular formula is C19H28O2. The number of ether oxygens (including phenoxy) is 2. The minimum atomic E-state index is -0.180. The Bertz CT molecular complexity index is 428. The van der Waals surface area contributed by atoms with Gasteiger partial charge in [-0.25, -0.2) is 0 Å². The van der Waals surface area contributed by atoms with Crippen molar-refractivity contribution in [3.8, 4) is 0 Å². The lowest BCUT2D eigenvalue weighted by atomic mass is 10.0. The molecule has 2 nitrogen and oxygen atoms in total. The van der Waals surface area contributed by atoms with Gasteiger partial charge in [-0.2, -0.15) is 0 Å². The molecule has 0 N–H and O–H groups in total. The molecule has 1 aromatic carbocycles. The third-order valence-electron chi connectivity index (χ3n) is 3.90. The quantitative estimate of drug-likeness (QED) is 0.671. The second kappa shape index (κ2) is 8.35. The SMILES string of the molecule is CCCCC/C(=C/c1ccccc1)C1O[C@H](C)C[C@H](C)O1. The summed E-state index contributed by atoms with van der Waals surface area (Å²) in [7, 11) is 0. The summed E-state index contributed by atoms with van der Waals surface area (Å²) in [4.78, 5) is 0. The molecule has 0 radical (unpaired) electrons. The largest absolute Gasteiger partial charge is 0.346 e. The lowest BCUT2D eigenvalue weighted by Crippen LogP contribution is -2.36. The van der Waals surface area contributed by atoms with Crippen LogP contribution in [0.4, 0.5) is 0 Å². The fraction of sp³-hybridized carbons (Fsp3) is 0.579. The van der Waals surface area contributed by atoms with Crippen molar-refractivity contribution in [3.63, 3.8) is 0 Å². The first-order chi connectivity index (χ1) is 10.2. The van der Waals surface area contributed by atoms with Gasteiger partial charge in [0.2, 0.25) is 0 Å². The third kappa shape index (κ3) is 5.29. The van der Waals surface area contributed by atoms with Crippen molar-refractivity contribution in [3.05, 3.63) is 41.5 Å². The van der Waals surface area contributed by atoms with Crippen LogP contribution in [0, 0.1) is 0 Å². The Labute approximate surface area is 129 Å². The van der Waals surface area contributed by atoms with Gasteiger partial charge in [0.25, 0.3) is 0 Å². The summed E-state index contributed by atoms with van der Waals surface area (Å²) in [6, 6.07) is 10.5. The van der Waals surface area contributed by atoms with Gasteiger partial charge >= 0.3 is 0 Å². The van der Waals surface area contributed by atoms with E-state index in [2.05, 4.69) is 51.1 Å². The van der Waals surface area contributed by atoms with E-state index in [0.717, 1.165) is 12.8 Å². The topological polar surface area (TPSA) is 18.5 Å². The summed E-state index contributed by atoms with van der Waals surface area (Å²) in [5.74, 6) is 0. The van der Waals surface area contributed by atoms with Crippen LogP contribution in [0.5, 0.6) is 0 Å². The molecule has 1 aliphatic rings. The summed E-state index contributed by atoms with van der Waals surface area (Å²) in [5, 5.41) is 0. The Morgan fingerprint density at radius 2 is 1.76 bits per heavy atom. The smallest absolute Gasteiger partial charge is 0.180 e. The van der Waals surface area contributed by atoms with E-state index in [-0.39, 0.29) is 18.5 Å². The molecule has 0 spiro atoms. The number of rotatable bonds is 6. The average Bonchev–Trinajstić information content (AvgIpc) is 2.46. The minimum Gasteiger partial charge on any atom is -0.346 e. The molecule has 0 amide bonds. The summed E-state index contributed by atoms with van der Waals surface area (Å²) in [6.45, 7) is 6.51. The van der Waals surface area contributed by atoms with E-state index in [1.807, 2.05) is 6.07 Å². The number of benzene rings is 1. The van der Waals surface area contributed by atoms with E-state index in [4.69, 9.17) is 9.47 Å². The van der Waals surface area contributed by atoms with Crippen LogP contribution >= 0.6 is 0 Å². The molecule has 3 atom stereocenters. The lowest BCUT2D eigenvalue weighted by Gasteiger charge is -2.34. The van der Waals surface area contributed by atoms with E-state index in [9.17, 15) is 0 Å². The standard InChI is InChI=1S/C19H28O2/c1-4-5-7-12-18(14-17-10-8-6-9-11-17)19-20-15(2)13-16(3)21-19/h6,8-11,14-16,19H,4-5,7,12-13H2,1-3H3/b18-14-/t15-,16+,19?. The molecule has 0 aromatic heterocycles. The molecule has 1 aliphatic heterocycles. The molecule has 1 aromatic rings. The van der Waals surface area contributed by atoms with Crippen LogP contribution in [0.3, 0.4) is 0 Å². The van der Waals surface area contributed by atoms with Crippen LogP contribution in [-0.2, 0) is 9.47 Å². The van der Waals surface area contributed by atoms with Crippen LogP contribution in [0.25, 0.3) is 6.08 Å². The van der Waals surface area contributed by atoms with Gasteiger partial charge in [0, 0.05) is 0 Å². The molecule has 0 bridgehead atoms. The fourth-order valence-electron chi connectivity index (χ4n) is 2.81. The highest BCUT2D eigenvalue weighted by atomic mass is 16.7. The van der Waals surface area contributed by atoms with Gasteiger partial charge in [-0.05, 0) is 44.2 Å². The van der Waals surface area contributed by atoms with Crippen molar-refractivity contribution in [1.82, 2.24) is 0 Å². The lowest BCUT2D eigenvalue weighted by molar-refractivity contribution is -0.215. The maximum Gasteiger partial charge on any atom is 0.180 e. The molecule has 0 aliphatic carbocycles. The van der Waals surface area contributed by atoms with Gasteiger partial charge < -0.3 is 9.47 Å². The first-order valence-electron chi connectivity index (χ1n) is 8.25. The van der Waals surface area contributed by atoms with Crippen molar-refractivity contribution in [1.29, 1.82) is 0 Å². The number of hydrogen-bond donors (Lipinski definition) is 0. The highest BCUT2D eigenvalue weighted by Crippen LogP contribution is 2.27. The summed E-state index contributed by atoms with van der Waals surface area (Å²) in [6.07, 6.45) is 8.30. The van der Waals surface area contributed by atoms with Gasteiger partial charge in [0.05, 0.1) is 12.2 Å². The number of unbranched alkanes of at least 4 members (excludes halogenated alkanes) is 2. The Morgan fingerprint density at radius 3 is 2.38 bits per heavy atom. The van der Waals surface area contributed by atoms with Crippen molar-refractivity contribution in [2.45, 2.75) is 71.4 Å². The fourth-order valence-corrected chi connectivity index (χ4v) is 2.81. The maximum atomic E-state index is 6.03. The summed E-state index contributed by atoms with van der Waals surface area (Å²) in [5.41, 5.74) is 2.50. The van der Waals surface area contributed by atoms with E-state index in [0.29, 0.717) is 0 Å². The normalized spacial score (nSPS) is 26.8. The van der Waals surface area contributed by atoms with E-state index in [1.54, 1.807) is 0 Å². The van der Waals surface area contributed by atoms with Crippen molar-refractivity contribution in [2.24, 2.45) is 0 Å². The van der Waals surface area contributed by atoms with Crippen LogP contribution in [-0.4, -0.2) is 18.5 Å². The zero-order valence-electron chi connectivity index (χ0n) is 13.5. The highest BCUT2D eigenvalue weighted by Gasteiger charge is 2.27. The molecule has 2 rings (SSSR count). The zero-order chi connectivity index (χ0) is 15.1. The van der Waals surface area contributed by atoms with Gasteiger partial charge in [0.1, 0.15) is 0 Å². The average molecular weight is 288 g/mol. The molecule has 1 unspecified atom stereocenters. The van der Waals surface area contributed by atoms with Gasteiger partial charge in [-0.1, -0.05) is 56.2 Å². The second-order valence-electron chi connectivity index (χ2n) is 6.05. The van der Waals surface area contributed by atoms with Crippen LogP contribution in [0.2, 0.25) is 0 Å². The number of hydrogen-bond acceptors (Lipinski definition) is 2. The van der Waals surface area contributed by atoms with Gasteiger partial charge in [-0.15, -0.1) is 0 Å². The Morgan fingerprint density at radius 1 is 1.10 bits per heavy atom. The maximum absolute atomic E-state index is 6.03. The van der Waals surface area contributed by atoms with Crippen LogP contribution < -0.4 is 0 Å². The monoisotopic (exact) mass is 288 g/mol. The van der Waals surface area contributed by atoms with E-state index < -0.39 is 0 Å². The minimum absolute atomic E-state index is 0.180. The predicted octanol–water partition coefficient (Wildman–Crippen LogP) is 5.19. The molecule has 21 heavy (non-hydrogen) atoms. The Hall–Kier alpha value is -1.12. The summed E-state index contributed by atoms with van der Waals surface area (Å²) >= 11 is 0. The third-order valence-corrected chi connectivity index (χ3v) is 3.90. The van der Waals surface area contributed by atoms with Crippen molar-refractivity contribution < 1.29 is 9.47 Å². The van der Waals surface area contributed by atoms with Crippen molar-refractivity contribution >= 4 is 6.08 Å². The molecule has 116 valence electrons. The molecule has 1 saturated heterocycles. The van der Waals surface area contributed by atoms with Crippen LogP contribution in [0.1, 0.15) is 58.4 Å². The molecule has 0 saturated carbocycles. The first-order valence-corrected chi connectivity index (χ1v) is 8.25. The highest BCUT2D eigenvalue weighted by molar-refractivity contribution is 5.53. The molecule has 1 heterocycles. The second-order valence-corrected chi connectivity index (χ2v) is 6.05. The van der Waals surface area contributed by atoms with Gasteiger partial charge in [0.15, 0.2) is 6.29 Å². The predicted molar refractivity (Wildman–Crippen MR) is 88.1 cm³/mol. The Kier molecular flexibility index (Phi) is 6.47. The molecular weight excluding hydrogens is 260 g/mol. The Balaban J connectivity index is 2.13.